The van der Waals surface area contributed by atoms with Gasteiger partial charge in [-0.3, -0.25) is 4.57 Å². The molecule has 1 aliphatic heterocycles. The van der Waals surface area contributed by atoms with Crippen molar-refractivity contribution in [3.05, 3.63) is 18.7 Å². The van der Waals surface area contributed by atoms with Gasteiger partial charge in [0.1, 0.15) is 12.4 Å². The monoisotopic (exact) mass is 275 g/mol. The van der Waals surface area contributed by atoms with Crippen LogP contribution in [0, 0.1) is 0 Å². The molecule has 0 aromatic carbocycles. The number of hydrogen-bond acceptors (Lipinski definition) is 7. The van der Waals surface area contributed by atoms with E-state index >= 15 is 0 Å². The van der Waals surface area contributed by atoms with Crippen molar-refractivity contribution in [2.45, 2.75) is 18.9 Å². The van der Waals surface area contributed by atoms with E-state index in [4.69, 9.17) is 10.5 Å². The number of hydrogen-bond donors (Lipinski definition) is 1. The molecule has 2 N–H and O–H groups in total. The van der Waals surface area contributed by atoms with E-state index < -0.39 is 0 Å². The van der Waals surface area contributed by atoms with E-state index in [0.717, 1.165) is 25.9 Å². The van der Waals surface area contributed by atoms with Crippen LogP contribution in [0.4, 0.5) is 5.95 Å². The zero-order chi connectivity index (χ0) is 13.9. The fourth-order valence-corrected chi connectivity index (χ4v) is 2.16. The van der Waals surface area contributed by atoms with Gasteiger partial charge in [-0.2, -0.15) is 15.0 Å². The summed E-state index contributed by atoms with van der Waals surface area (Å²) in [5.41, 5.74) is 5.71. The molecule has 1 saturated heterocycles. The Morgan fingerprint density at radius 1 is 1.25 bits per heavy atom. The summed E-state index contributed by atoms with van der Waals surface area (Å²) >= 11 is 0. The lowest BCUT2D eigenvalue weighted by atomic mass is 10.1. The van der Waals surface area contributed by atoms with Crippen LogP contribution in [0.5, 0.6) is 6.01 Å². The molecule has 106 valence electrons. The van der Waals surface area contributed by atoms with E-state index in [9.17, 15) is 0 Å². The van der Waals surface area contributed by atoms with Crippen LogP contribution < -0.4 is 10.5 Å². The summed E-state index contributed by atoms with van der Waals surface area (Å²) in [7, 11) is 2.11. The maximum Gasteiger partial charge on any atom is 0.323 e. The minimum Gasteiger partial charge on any atom is -0.460 e. The summed E-state index contributed by atoms with van der Waals surface area (Å²) in [6, 6.07) is 0.274. The molecule has 8 nitrogen and oxygen atoms in total. The van der Waals surface area contributed by atoms with Gasteiger partial charge >= 0.3 is 6.01 Å². The minimum atomic E-state index is 0.128. The van der Waals surface area contributed by atoms with Gasteiger partial charge in [-0.15, -0.1) is 0 Å². The van der Waals surface area contributed by atoms with Crippen molar-refractivity contribution < 1.29 is 4.74 Å². The number of nitrogen functional groups attached to an aromatic ring is 1. The summed E-state index contributed by atoms with van der Waals surface area (Å²) in [6.07, 6.45) is 7.05. The second kappa shape index (κ2) is 5.41. The molecule has 1 fully saturated rings. The third kappa shape index (κ3) is 2.85. The molecule has 1 aliphatic rings. The Kier molecular flexibility index (Phi) is 3.46. The second-order valence-electron chi connectivity index (χ2n) is 4.87. The number of imidazole rings is 1. The van der Waals surface area contributed by atoms with Crippen molar-refractivity contribution in [3.63, 3.8) is 0 Å². The first-order valence-electron chi connectivity index (χ1n) is 6.56. The molecule has 0 aliphatic carbocycles. The van der Waals surface area contributed by atoms with E-state index in [1.54, 1.807) is 23.3 Å². The molecule has 0 unspecified atom stereocenters. The highest BCUT2D eigenvalue weighted by atomic mass is 16.5. The molecule has 0 saturated carbocycles. The molecule has 0 atom stereocenters. The largest absolute Gasteiger partial charge is 0.460 e. The summed E-state index contributed by atoms with van der Waals surface area (Å²) in [5, 5.41) is 0. The van der Waals surface area contributed by atoms with Crippen molar-refractivity contribution in [1.82, 2.24) is 29.4 Å². The normalized spacial score (nSPS) is 17.2. The highest BCUT2D eigenvalue weighted by molar-refractivity contribution is 5.25. The molecule has 2 aromatic heterocycles. The quantitative estimate of drug-likeness (QED) is 0.849. The van der Waals surface area contributed by atoms with Gasteiger partial charge in [-0.25, -0.2) is 4.98 Å². The fraction of sp³-hybridized carbons (Fsp3) is 0.500. The van der Waals surface area contributed by atoms with Crippen molar-refractivity contribution >= 4 is 5.95 Å². The number of aromatic nitrogens is 5. The number of rotatable bonds is 3. The Morgan fingerprint density at radius 3 is 2.75 bits per heavy atom. The van der Waals surface area contributed by atoms with Crippen molar-refractivity contribution in [2.24, 2.45) is 0 Å². The van der Waals surface area contributed by atoms with E-state index in [1.807, 2.05) is 0 Å². The number of anilines is 1. The maximum absolute atomic E-state index is 5.82. The first-order valence-corrected chi connectivity index (χ1v) is 6.56. The predicted octanol–water partition coefficient (Wildman–Crippen LogP) is 0.112. The zero-order valence-electron chi connectivity index (χ0n) is 11.3. The molecule has 0 spiro atoms. The standard InChI is InChI=1S/C12H17N7O/c1-18-5-2-9(3-6-18)20-12-16-10(13)15-11(17-12)19-7-4-14-8-19/h4,7-9H,2-3,5-6H2,1H3,(H2,13,15,16,17). The number of ether oxygens (including phenoxy) is 1. The molecule has 8 heteroatoms. The Balaban J connectivity index is 1.76. The fourth-order valence-electron chi connectivity index (χ4n) is 2.16. The molecule has 3 heterocycles. The maximum atomic E-state index is 5.82. The zero-order valence-corrected chi connectivity index (χ0v) is 11.3. The average molecular weight is 275 g/mol. The van der Waals surface area contributed by atoms with Gasteiger partial charge in [0, 0.05) is 25.5 Å². The molecule has 0 radical (unpaired) electrons. The molecule has 3 rings (SSSR count). The summed E-state index contributed by atoms with van der Waals surface area (Å²) in [5.74, 6) is 0.560. The summed E-state index contributed by atoms with van der Waals surface area (Å²) in [4.78, 5) is 18.6. The van der Waals surface area contributed by atoms with Crippen LogP contribution in [-0.4, -0.2) is 55.6 Å². The Bertz CT molecular complexity index is 563. The molecule has 0 amide bonds. The van der Waals surface area contributed by atoms with Crippen LogP contribution in [0.2, 0.25) is 0 Å². The van der Waals surface area contributed by atoms with Gasteiger partial charge in [0.05, 0.1) is 0 Å². The lowest BCUT2D eigenvalue weighted by Crippen LogP contribution is -2.36. The van der Waals surface area contributed by atoms with Gasteiger partial charge < -0.3 is 15.4 Å². The van der Waals surface area contributed by atoms with Gasteiger partial charge in [0.15, 0.2) is 0 Å². The van der Waals surface area contributed by atoms with E-state index in [-0.39, 0.29) is 18.1 Å². The minimum absolute atomic E-state index is 0.128. The number of nitrogens with two attached hydrogens (primary N) is 1. The Labute approximate surface area is 116 Å². The number of likely N-dealkylation sites (tertiary alicyclic amines) is 1. The first-order chi connectivity index (χ1) is 9.70. The van der Waals surface area contributed by atoms with Crippen molar-refractivity contribution in [3.8, 4) is 12.0 Å². The van der Waals surface area contributed by atoms with Gasteiger partial charge in [-0.05, 0) is 19.9 Å². The van der Waals surface area contributed by atoms with Crippen LogP contribution >= 0.6 is 0 Å². The van der Waals surface area contributed by atoms with Gasteiger partial charge in [0.2, 0.25) is 11.9 Å². The van der Waals surface area contributed by atoms with Crippen molar-refractivity contribution in [2.75, 3.05) is 25.9 Å². The SMILES string of the molecule is CN1CCC(Oc2nc(N)nc(-n3ccnc3)n2)CC1. The molecule has 0 bridgehead atoms. The lowest BCUT2D eigenvalue weighted by Gasteiger charge is -2.28. The van der Waals surface area contributed by atoms with E-state index in [0.29, 0.717) is 5.95 Å². The number of piperidine rings is 1. The highest BCUT2D eigenvalue weighted by Crippen LogP contribution is 2.16. The Hall–Kier alpha value is -2.22. The third-order valence-corrected chi connectivity index (χ3v) is 3.29. The van der Waals surface area contributed by atoms with Crippen molar-refractivity contribution in [1.29, 1.82) is 0 Å². The second-order valence-corrected chi connectivity index (χ2v) is 4.87. The van der Waals surface area contributed by atoms with Crippen LogP contribution in [0.25, 0.3) is 5.95 Å². The van der Waals surface area contributed by atoms with Gasteiger partial charge in [-0.1, -0.05) is 0 Å². The van der Waals surface area contributed by atoms with Gasteiger partial charge in [0.25, 0.3) is 0 Å². The molecular weight excluding hydrogens is 258 g/mol. The van der Waals surface area contributed by atoms with Crippen LogP contribution in [0.1, 0.15) is 12.8 Å². The van der Waals surface area contributed by atoms with E-state index in [1.165, 1.54) is 0 Å². The highest BCUT2D eigenvalue weighted by Gasteiger charge is 2.19. The lowest BCUT2D eigenvalue weighted by molar-refractivity contribution is 0.105. The third-order valence-electron chi connectivity index (χ3n) is 3.29. The van der Waals surface area contributed by atoms with Crippen LogP contribution in [-0.2, 0) is 0 Å². The Morgan fingerprint density at radius 2 is 2.05 bits per heavy atom. The molecule has 2 aromatic rings. The predicted molar refractivity (Wildman–Crippen MR) is 72.5 cm³/mol. The topological polar surface area (TPSA) is 95.0 Å². The molecular formula is C12H17N7O. The van der Waals surface area contributed by atoms with E-state index in [2.05, 4.69) is 31.9 Å². The number of nitrogens with zero attached hydrogens (tertiary/aromatic N) is 6. The first kappa shape index (κ1) is 12.8. The summed E-state index contributed by atoms with van der Waals surface area (Å²) in [6.45, 7) is 2.03. The average Bonchev–Trinajstić information content (AvgIpc) is 2.95. The summed E-state index contributed by atoms with van der Waals surface area (Å²) < 4.78 is 7.49. The van der Waals surface area contributed by atoms with Crippen LogP contribution in [0.15, 0.2) is 18.7 Å². The smallest absolute Gasteiger partial charge is 0.323 e. The van der Waals surface area contributed by atoms with Crippen LogP contribution in [0.3, 0.4) is 0 Å². The molecule has 20 heavy (non-hydrogen) atoms.